The smallest absolute Gasteiger partial charge is 0.250 e. The molecule has 3 aromatic rings. The molecule has 9 heteroatoms. The van der Waals surface area contributed by atoms with Crippen molar-refractivity contribution >= 4 is 33.2 Å². The summed E-state index contributed by atoms with van der Waals surface area (Å²) in [5.41, 5.74) is 1.79. The van der Waals surface area contributed by atoms with Crippen molar-refractivity contribution < 1.29 is 13.2 Å². The van der Waals surface area contributed by atoms with Gasteiger partial charge in [-0.05, 0) is 73.2 Å². The minimum absolute atomic E-state index is 0.000190. The number of fused-ring (bicyclic) bond motifs is 4. The molecule has 38 heavy (non-hydrogen) atoms. The fraction of sp³-hybridized carbons (Fsp3) is 0.379. The molecule has 2 bridgehead atoms. The van der Waals surface area contributed by atoms with E-state index in [-0.39, 0.29) is 28.2 Å². The highest BCUT2D eigenvalue weighted by molar-refractivity contribution is 7.89. The number of carbonyl (C=O) groups is 1. The number of pyridine rings is 1. The van der Waals surface area contributed by atoms with Gasteiger partial charge in [0.15, 0.2) is 0 Å². The van der Waals surface area contributed by atoms with Gasteiger partial charge < -0.3 is 9.88 Å². The zero-order valence-corrected chi connectivity index (χ0v) is 22.5. The Labute approximate surface area is 227 Å². The lowest BCUT2D eigenvalue weighted by molar-refractivity contribution is -0.121. The highest BCUT2D eigenvalue weighted by Crippen LogP contribution is 2.42. The lowest BCUT2D eigenvalue weighted by Crippen LogP contribution is -2.49. The molecule has 1 aromatic heterocycles. The van der Waals surface area contributed by atoms with Crippen LogP contribution < -0.4 is 10.9 Å². The van der Waals surface area contributed by atoms with Crippen LogP contribution in [0.3, 0.4) is 0 Å². The van der Waals surface area contributed by atoms with E-state index >= 15 is 0 Å². The van der Waals surface area contributed by atoms with Crippen LogP contribution in [0.15, 0.2) is 76.4 Å². The van der Waals surface area contributed by atoms with Gasteiger partial charge in [0.25, 0.3) is 5.56 Å². The van der Waals surface area contributed by atoms with Crippen LogP contribution in [0.2, 0.25) is 5.02 Å². The van der Waals surface area contributed by atoms with Gasteiger partial charge in [-0.3, -0.25) is 9.59 Å². The third kappa shape index (κ3) is 4.38. The number of hydrogen-bond acceptors (Lipinski definition) is 4. The van der Waals surface area contributed by atoms with Crippen LogP contribution in [-0.4, -0.2) is 36.3 Å². The predicted molar refractivity (Wildman–Crippen MR) is 147 cm³/mol. The van der Waals surface area contributed by atoms with Crippen molar-refractivity contribution in [3.05, 3.63) is 93.4 Å². The molecule has 3 heterocycles. The van der Waals surface area contributed by atoms with Crippen molar-refractivity contribution in [1.29, 1.82) is 0 Å². The van der Waals surface area contributed by atoms with Crippen LogP contribution in [0.1, 0.15) is 49.3 Å². The lowest BCUT2D eigenvalue weighted by atomic mass is 9.78. The summed E-state index contributed by atoms with van der Waals surface area (Å²) in [7, 11) is -3.72. The summed E-state index contributed by atoms with van der Waals surface area (Å²) < 4.78 is 30.5. The SMILES string of the molecule is O=C(Nc1ccc(S(=O)(=O)N2CC3CC(C2)c2cccc(=O)n2C3)cc1)C1(c2ccc(Cl)cc2)CCCC1. The van der Waals surface area contributed by atoms with Crippen LogP contribution in [0.5, 0.6) is 0 Å². The summed E-state index contributed by atoms with van der Waals surface area (Å²) in [6.07, 6.45) is 4.36. The van der Waals surface area contributed by atoms with Gasteiger partial charge >= 0.3 is 0 Å². The van der Waals surface area contributed by atoms with Crippen molar-refractivity contribution in [2.75, 3.05) is 18.4 Å². The fourth-order valence-electron chi connectivity index (χ4n) is 6.55. The molecule has 0 spiro atoms. The topological polar surface area (TPSA) is 88.5 Å². The first-order valence-corrected chi connectivity index (χ1v) is 15.0. The number of sulfonamides is 1. The maximum atomic E-state index is 13.6. The molecule has 0 radical (unpaired) electrons. The monoisotopic (exact) mass is 551 g/mol. The molecular formula is C29H30ClN3O4S. The van der Waals surface area contributed by atoms with E-state index < -0.39 is 15.4 Å². The average molecular weight is 552 g/mol. The van der Waals surface area contributed by atoms with E-state index in [0.717, 1.165) is 43.4 Å². The highest BCUT2D eigenvalue weighted by Gasteiger charge is 2.43. The molecule has 1 saturated carbocycles. The molecule has 1 amide bonds. The van der Waals surface area contributed by atoms with Crippen LogP contribution in [0.25, 0.3) is 0 Å². The lowest BCUT2D eigenvalue weighted by Gasteiger charge is -2.42. The van der Waals surface area contributed by atoms with Gasteiger partial charge in [0, 0.05) is 48.0 Å². The highest BCUT2D eigenvalue weighted by atomic mass is 35.5. The maximum Gasteiger partial charge on any atom is 0.250 e. The number of piperidine rings is 1. The second-order valence-electron chi connectivity index (χ2n) is 10.8. The van der Waals surface area contributed by atoms with Gasteiger partial charge in [0.1, 0.15) is 0 Å². The molecule has 6 rings (SSSR count). The Balaban J connectivity index is 1.20. The van der Waals surface area contributed by atoms with Gasteiger partial charge in [-0.2, -0.15) is 4.31 Å². The van der Waals surface area contributed by atoms with Crippen molar-refractivity contribution in [2.45, 2.75) is 54.9 Å². The fourth-order valence-corrected chi connectivity index (χ4v) is 8.24. The van der Waals surface area contributed by atoms with Crippen molar-refractivity contribution in [2.24, 2.45) is 5.92 Å². The number of nitrogens with zero attached hydrogens (tertiary/aromatic N) is 2. The zero-order chi connectivity index (χ0) is 26.5. The molecule has 2 atom stereocenters. The molecule has 7 nitrogen and oxygen atoms in total. The van der Waals surface area contributed by atoms with Gasteiger partial charge in [-0.15, -0.1) is 0 Å². The molecule has 2 unspecified atom stereocenters. The predicted octanol–water partition coefficient (Wildman–Crippen LogP) is 4.76. The zero-order valence-electron chi connectivity index (χ0n) is 21.0. The minimum Gasteiger partial charge on any atom is -0.325 e. The first kappa shape index (κ1) is 25.3. The molecule has 1 aliphatic carbocycles. The quantitative estimate of drug-likeness (QED) is 0.495. The average Bonchev–Trinajstić information content (AvgIpc) is 3.41. The number of benzene rings is 2. The molecule has 2 aromatic carbocycles. The van der Waals surface area contributed by atoms with Crippen molar-refractivity contribution in [3.63, 3.8) is 0 Å². The van der Waals surface area contributed by atoms with E-state index in [1.54, 1.807) is 45.3 Å². The van der Waals surface area contributed by atoms with E-state index in [1.807, 2.05) is 30.3 Å². The van der Waals surface area contributed by atoms with Gasteiger partial charge in [-0.1, -0.05) is 42.6 Å². The molecule has 1 N–H and O–H groups in total. The number of rotatable bonds is 5. The summed E-state index contributed by atoms with van der Waals surface area (Å²) in [5.74, 6) is 0.0241. The first-order valence-electron chi connectivity index (χ1n) is 13.1. The second kappa shape index (κ2) is 9.67. The molecule has 198 valence electrons. The van der Waals surface area contributed by atoms with E-state index in [0.29, 0.717) is 30.3 Å². The van der Waals surface area contributed by atoms with Crippen LogP contribution in [0.4, 0.5) is 5.69 Å². The summed E-state index contributed by atoms with van der Waals surface area (Å²) >= 11 is 6.07. The Morgan fingerprint density at radius 3 is 2.34 bits per heavy atom. The van der Waals surface area contributed by atoms with Gasteiger partial charge in [0.2, 0.25) is 15.9 Å². The Morgan fingerprint density at radius 1 is 0.921 bits per heavy atom. The Kier molecular flexibility index (Phi) is 6.45. The standard InChI is InChI=1S/C29H30ClN3O4S/c30-23-8-6-22(7-9-23)29(14-1-2-15-29)28(35)31-24-10-12-25(13-11-24)38(36,37)32-17-20-16-21(19-32)26-4-3-5-27(34)33(26)18-20/h3-13,20-21H,1-2,14-19H2,(H,31,35). The number of carbonyl (C=O) groups excluding carboxylic acids is 1. The van der Waals surface area contributed by atoms with Crippen molar-refractivity contribution in [1.82, 2.24) is 8.87 Å². The Hall–Kier alpha value is -2.94. The summed E-state index contributed by atoms with van der Waals surface area (Å²) in [6, 6.07) is 19.2. The third-order valence-electron chi connectivity index (χ3n) is 8.48. The Bertz CT molecular complexity index is 1530. The van der Waals surface area contributed by atoms with E-state index in [1.165, 1.54) is 0 Å². The van der Waals surface area contributed by atoms with Gasteiger partial charge in [-0.25, -0.2) is 8.42 Å². The normalized spacial score (nSPS) is 22.6. The number of amides is 1. The number of aromatic nitrogens is 1. The number of hydrogen-bond donors (Lipinski definition) is 1. The molecule has 3 aliphatic rings. The second-order valence-corrected chi connectivity index (χ2v) is 13.2. The Morgan fingerprint density at radius 2 is 1.63 bits per heavy atom. The van der Waals surface area contributed by atoms with E-state index in [9.17, 15) is 18.0 Å². The maximum absolute atomic E-state index is 13.6. The van der Waals surface area contributed by atoms with Crippen LogP contribution >= 0.6 is 11.6 Å². The minimum atomic E-state index is -3.72. The molecule has 1 saturated heterocycles. The summed E-state index contributed by atoms with van der Waals surface area (Å²) in [4.78, 5) is 26.0. The van der Waals surface area contributed by atoms with Crippen LogP contribution in [0, 0.1) is 5.92 Å². The van der Waals surface area contributed by atoms with Crippen LogP contribution in [-0.2, 0) is 26.8 Å². The van der Waals surface area contributed by atoms with E-state index in [2.05, 4.69) is 5.32 Å². The largest absolute Gasteiger partial charge is 0.325 e. The third-order valence-corrected chi connectivity index (χ3v) is 10.6. The summed E-state index contributed by atoms with van der Waals surface area (Å²) in [6.45, 7) is 1.28. The molecule has 2 aliphatic heterocycles. The first-order chi connectivity index (χ1) is 18.3. The van der Waals surface area contributed by atoms with E-state index in [4.69, 9.17) is 11.6 Å². The number of halogens is 1. The number of anilines is 1. The number of nitrogens with one attached hydrogen (secondary N) is 1. The summed E-state index contributed by atoms with van der Waals surface area (Å²) in [5, 5.41) is 3.67. The molecular weight excluding hydrogens is 522 g/mol. The molecule has 2 fully saturated rings. The van der Waals surface area contributed by atoms with Gasteiger partial charge in [0.05, 0.1) is 10.3 Å². The van der Waals surface area contributed by atoms with Crippen molar-refractivity contribution in [3.8, 4) is 0 Å².